The fourth-order valence-electron chi connectivity index (χ4n) is 11.7. The van der Waals surface area contributed by atoms with Gasteiger partial charge < -0.3 is 20.3 Å². The van der Waals surface area contributed by atoms with Gasteiger partial charge in [-0.2, -0.15) is 0 Å². The number of esters is 1. The first-order valence-corrected chi connectivity index (χ1v) is 35.8. The summed E-state index contributed by atoms with van der Waals surface area (Å²) in [5, 5.41) is 23.4. The third-order valence-corrected chi connectivity index (χ3v) is 17.2. The fourth-order valence-corrected chi connectivity index (χ4v) is 11.7. The van der Waals surface area contributed by atoms with Crippen LogP contribution in [0, 0.1) is 0 Å². The van der Waals surface area contributed by atoms with Gasteiger partial charge >= 0.3 is 5.97 Å². The average molecular weight is 1090 g/mol. The van der Waals surface area contributed by atoms with Crippen molar-refractivity contribution in [2.45, 2.75) is 431 Å². The van der Waals surface area contributed by atoms with E-state index in [1.54, 1.807) is 0 Å². The Kier molecular flexibility index (Phi) is 66.4. The Morgan fingerprint density at radius 1 is 0.312 bits per heavy atom. The van der Waals surface area contributed by atoms with Gasteiger partial charge in [-0.25, -0.2) is 0 Å². The third kappa shape index (κ3) is 63.9. The molecule has 0 aromatic heterocycles. The van der Waals surface area contributed by atoms with Crippen molar-refractivity contribution in [3.63, 3.8) is 0 Å². The normalized spacial score (nSPS) is 12.4. The van der Waals surface area contributed by atoms with Gasteiger partial charge in [-0.1, -0.05) is 380 Å². The summed E-state index contributed by atoms with van der Waals surface area (Å²) in [6.45, 7) is 5.00. The van der Waals surface area contributed by atoms with Crippen LogP contribution in [-0.4, -0.2) is 47.4 Å². The van der Waals surface area contributed by atoms with Crippen molar-refractivity contribution in [3.8, 4) is 0 Å². The van der Waals surface area contributed by atoms with Crippen LogP contribution in [0.5, 0.6) is 0 Å². The minimum atomic E-state index is -0.668. The Bertz CT molecular complexity index is 1120. The van der Waals surface area contributed by atoms with E-state index in [9.17, 15) is 19.8 Å². The first-order valence-electron chi connectivity index (χ1n) is 35.8. The number of ether oxygens (including phenoxy) is 1. The molecule has 0 fully saturated rings. The van der Waals surface area contributed by atoms with Crippen LogP contribution in [0.25, 0.3) is 0 Å². The second-order valence-electron chi connectivity index (χ2n) is 24.9. The van der Waals surface area contributed by atoms with Gasteiger partial charge in [-0.15, -0.1) is 0 Å². The topological polar surface area (TPSA) is 95.9 Å². The zero-order chi connectivity index (χ0) is 55.7. The molecule has 0 radical (unpaired) electrons. The molecule has 1 amide bonds. The Labute approximate surface area is 483 Å². The van der Waals surface area contributed by atoms with E-state index >= 15 is 0 Å². The van der Waals surface area contributed by atoms with Crippen LogP contribution in [0.2, 0.25) is 0 Å². The Hall–Kier alpha value is -1.14. The summed E-state index contributed by atoms with van der Waals surface area (Å²) in [6.07, 6.45) is 81.4. The van der Waals surface area contributed by atoms with Gasteiger partial charge in [0, 0.05) is 12.8 Å². The summed E-state index contributed by atoms with van der Waals surface area (Å²) in [4.78, 5) is 24.7. The summed E-state index contributed by atoms with van der Waals surface area (Å²) >= 11 is 0. The molecule has 0 aliphatic rings. The SMILES string of the molecule is CCCCCCCCCCCCCCCCCCCCCCCCCCC(O)C(CO)NC(=O)CCCCCCCCCCCCCCCCCCCCOC(=O)CCCCCCCCCCCCCCCCCCCC. The molecule has 6 nitrogen and oxygen atoms in total. The standard InChI is InChI=1S/C71H141NO5/c1-3-5-7-9-11-13-15-17-19-21-23-24-25-26-27-28-31-35-39-43-47-51-55-59-63-69(74)68(67-73)72-70(75)64-60-56-52-48-44-40-36-32-29-30-34-38-42-46-50-54-58-62-66-77-71(76)65-61-57-53-49-45-41-37-33-22-20-18-16-14-12-10-8-6-4-2/h68-69,73-74H,3-67H2,1-2H3,(H,72,75). The van der Waals surface area contributed by atoms with E-state index in [2.05, 4.69) is 19.2 Å². The number of hydrogen-bond acceptors (Lipinski definition) is 5. The molecule has 3 N–H and O–H groups in total. The second kappa shape index (κ2) is 67.4. The minimum Gasteiger partial charge on any atom is -0.466 e. The maximum atomic E-state index is 12.6. The number of carbonyl (C=O) groups excluding carboxylic acids is 2. The third-order valence-electron chi connectivity index (χ3n) is 17.2. The monoisotopic (exact) mass is 1090 g/mol. The van der Waals surface area contributed by atoms with Gasteiger partial charge in [0.25, 0.3) is 0 Å². The molecule has 77 heavy (non-hydrogen) atoms. The highest BCUT2D eigenvalue weighted by Gasteiger charge is 2.20. The predicted molar refractivity (Wildman–Crippen MR) is 338 cm³/mol. The van der Waals surface area contributed by atoms with Crippen molar-refractivity contribution >= 4 is 11.9 Å². The Morgan fingerprint density at radius 3 is 0.792 bits per heavy atom. The van der Waals surface area contributed by atoms with Crippen LogP contribution in [0.1, 0.15) is 418 Å². The number of hydrogen-bond donors (Lipinski definition) is 3. The number of aliphatic hydroxyl groups is 2. The molecule has 0 spiro atoms. The highest BCUT2D eigenvalue weighted by Crippen LogP contribution is 2.20. The molecule has 0 aromatic carbocycles. The summed E-state index contributed by atoms with van der Waals surface area (Å²) in [5.74, 6) is -0.0192. The van der Waals surface area contributed by atoms with Crippen molar-refractivity contribution in [3.05, 3.63) is 0 Å². The van der Waals surface area contributed by atoms with E-state index in [0.717, 1.165) is 38.5 Å². The molecule has 0 saturated heterocycles. The van der Waals surface area contributed by atoms with E-state index in [-0.39, 0.29) is 18.5 Å². The summed E-state index contributed by atoms with van der Waals surface area (Å²) in [7, 11) is 0. The number of carbonyl (C=O) groups is 2. The van der Waals surface area contributed by atoms with Crippen LogP contribution < -0.4 is 5.32 Å². The minimum absolute atomic E-state index is 0.0136. The molecule has 460 valence electrons. The molecule has 0 bridgehead atoms. The fraction of sp³-hybridized carbons (Fsp3) is 0.972. The zero-order valence-electron chi connectivity index (χ0n) is 52.7. The van der Waals surface area contributed by atoms with Crippen LogP contribution in [0.15, 0.2) is 0 Å². The largest absolute Gasteiger partial charge is 0.466 e. The summed E-state index contributed by atoms with van der Waals surface area (Å²) < 4.78 is 5.51. The van der Waals surface area contributed by atoms with Gasteiger partial charge in [0.05, 0.1) is 25.4 Å². The molecule has 2 atom stereocenters. The number of aliphatic hydroxyl groups excluding tert-OH is 2. The molecular weight excluding hydrogens is 947 g/mol. The van der Waals surface area contributed by atoms with Crippen LogP contribution in [0.3, 0.4) is 0 Å². The van der Waals surface area contributed by atoms with Crippen LogP contribution in [-0.2, 0) is 14.3 Å². The Morgan fingerprint density at radius 2 is 0.532 bits per heavy atom. The van der Waals surface area contributed by atoms with E-state index in [0.29, 0.717) is 25.9 Å². The second-order valence-corrected chi connectivity index (χ2v) is 24.9. The highest BCUT2D eigenvalue weighted by molar-refractivity contribution is 5.76. The molecule has 0 rings (SSSR count). The molecular formula is C71H141NO5. The summed E-state index contributed by atoms with van der Waals surface area (Å²) in [6, 6.07) is -0.545. The molecule has 0 saturated carbocycles. The quantitative estimate of drug-likeness (QED) is 0.0417. The highest BCUT2D eigenvalue weighted by atomic mass is 16.5. The molecule has 0 aliphatic carbocycles. The van der Waals surface area contributed by atoms with E-state index < -0.39 is 12.1 Å². The smallest absolute Gasteiger partial charge is 0.305 e. The van der Waals surface area contributed by atoms with Gasteiger partial charge in [-0.05, 0) is 25.7 Å². The van der Waals surface area contributed by atoms with Gasteiger partial charge in [0.1, 0.15) is 0 Å². The lowest BCUT2D eigenvalue weighted by Gasteiger charge is -2.22. The van der Waals surface area contributed by atoms with E-state index in [1.165, 1.54) is 347 Å². The maximum absolute atomic E-state index is 12.6. The number of rotatable bonds is 68. The number of nitrogens with one attached hydrogen (secondary N) is 1. The van der Waals surface area contributed by atoms with E-state index in [4.69, 9.17) is 4.74 Å². The maximum Gasteiger partial charge on any atom is 0.305 e. The van der Waals surface area contributed by atoms with Gasteiger partial charge in [0.15, 0.2) is 0 Å². The van der Waals surface area contributed by atoms with Crippen molar-refractivity contribution in [1.82, 2.24) is 5.32 Å². The number of unbranched alkanes of at least 4 members (excludes halogenated alkanes) is 57. The van der Waals surface area contributed by atoms with Crippen LogP contribution >= 0.6 is 0 Å². The molecule has 0 heterocycles. The molecule has 0 aromatic rings. The van der Waals surface area contributed by atoms with Crippen LogP contribution in [0.4, 0.5) is 0 Å². The van der Waals surface area contributed by atoms with Crippen molar-refractivity contribution in [1.29, 1.82) is 0 Å². The van der Waals surface area contributed by atoms with Crippen molar-refractivity contribution in [2.24, 2.45) is 0 Å². The number of amides is 1. The average Bonchev–Trinajstić information content (AvgIpc) is 3.43. The Balaban J connectivity index is 3.38. The first-order chi connectivity index (χ1) is 38.0. The lowest BCUT2D eigenvalue weighted by atomic mass is 10.0. The van der Waals surface area contributed by atoms with Gasteiger partial charge in [0.2, 0.25) is 5.91 Å². The lowest BCUT2D eigenvalue weighted by Crippen LogP contribution is -2.45. The first kappa shape index (κ1) is 75.9. The molecule has 2 unspecified atom stereocenters. The van der Waals surface area contributed by atoms with E-state index in [1.807, 2.05) is 0 Å². The zero-order valence-corrected chi connectivity index (χ0v) is 52.7. The lowest BCUT2D eigenvalue weighted by molar-refractivity contribution is -0.143. The van der Waals surface area contributed by atoms with Crippen molar-refractivity contribution < 1.29 is 24.5 Å². The summed E-state index contributed by atoms with van der Waals surface area (Å²) in [5.41, 5.74) is 0. The predicted octanol–water partition coefficient (Wildman–Crippen LogP) is 23.0. The van der Waals surface area contributed by atoms with Crippen molar-refractivity contribution in [2.75, 3.05) is 13.2 Å². The molecule has 0 aliphatic heterocycles. The van der Waals surface area contributed by atoms with Gasteiger partial charge in [-0.3, -0.25) is 9.59 Å². The molecule has 6 heteroatoms.